The van der Waals surface area contributed by atoms with Crippen molar-refractivity contribution in [1.82, 2.24) is 5.32 Å². The second-order valence-corrected chi connectivity index (χ2v) is 2.43. The van der Waals surface area contributed by atoms with E-state index in [0.717, 1.165) is 6.08 Å². The van der Waals surface area contributed by atoms with Gasteiger partial charge in [0.1, 0.15) is 11.9 Å². The van der Waals surface area contributed by atoms with Gasteiger partial charge in [-0.25, -0.2) is 0 Å². The molecule has 0 aromatic carbocycles. The summed E-state index contributed by atoms with van der Waals surface area (Å²) >= 11 is 0. The fourth-order valence-electron chi connectivity index (χ4n) is 0.863. The summed E-state index contributed by atoms with van der Waals surface area (Å²) in [6.07, 6.45) is -4.26. The van der Waals surface area contributed by atoms with Crippen LogP contribution in [0.1, 0.15) is 6.92 Å². The zero-order valence-corrected chi connectivity index (χ0v) is 6.31. The summed E-state index contributed by atoms with van der Waals surface area (Å²) in [7, 11) is 0. The van der Waals surface area contributed by atoms with Gasteiger partial charge in [-0.05, 0) is 6.92 Å². The molecule has 3 nitrogen and oxygen atoms in total. The smallest absolute Gasteiger partial charge is 0.385 e. The molecule has 0 amide bonds. The van der Waals surface area contributed by atoms with Crippen LogP contribution in [0.4, 0.5) is 13.2 Å². The molecule has 1 aliphatic heterocycles. The van der Waals surface area contributed by atoms with Crippen LogP contribution in [0, 0.1) is 0 Å². The normalized spacial score (nSPS) is 24.2. The molecule has 6 heteroatoms. The molecule has 0 aromatic rings. The molecule has 0 spiro atoms. The van der Waals surface area contributed by atoms with Crippen molar-refractivity contribution in [3.8, 4) is 0 Å². The topological polar surface area (TPSA) is 50.4 Å². The van der Waals surface area contributed by atoms with E-state index in [1.54, 1.807) is 0 Å². The quantitative estimate of drug-likeness (QED) is 0.576. The average Bonchev–Trinajstić information content (AvgIpc) is 1.82. The number of nitrogens with one attached hydrogen (secondary N) is 1. The molecule has 1 unspecified atom stereocenters. The van der Waals surface area contributed by atoms with Crippen LogP contribution in [-0.4, -0.2) is 18.1 Å². The lowest BCUT2D eigenvalue weighted by Crippen LogP contribution is -2.37. The molecule has 68 valence electrons. The van der Waals surface area contributed by atoms with Gasteiger partial charge in [0.2, 0.25) is 0 Å². The largest absolute Gasteiger partial charge is 0.433 e. The van der Waals surface area contributed by atoms with Gasteiger partial charge in [-0.3, -0.25) is 4.99 Å². The Morgan fingerprint density at radius 2 is 2.17 bits per heavy atom. The van der Waals surface area contributed by atoms with Crippen molar-refractivity contribution in [1.29, 1.82) is 0 Å². The van der Waals surface area contributed by atoms with Crippen molar-refractivity contribution in [2.24, 2.45) is 10.7 Å². The van der Waals surface area contributed by atoms with Gasteiger partial charge in [-0.1, -0.05) is 0 Å². The van der Waals surface area contributed by atoms with Crippen LogP contribution in [0.5, 0.6) is 0 Å². The summed E-state index contributed by atoms with van der Waals surface area (Å²) in [6.45, 7) is 1.49. The number of nitrogens with zero attached hydrogens (tertiary/aromatic N) is 1. The molecule has 1 aliphatic rings. The summed E-state index contributed by atoms with van der Waals surface area (Å²) in [5.74, 6) is -0.00942. The third-order valence-electron chi connectivity index (χ3n) is 1.29. The third kappa shape index (κ3) is 1.90. The van der Waals surface area contributed by atoms with Crippen molar-refractivity contribution in [2.45, 2.75) is 19.3 Å². The summed E-state index contributed by atoms with van der Waals surface area (Å²) in [6, 6.07) is 0. The van der Waals surface area contributed by atoms with E-state index in [9.17, 15) is 13.2 Å². The Kier molecular flexibility index (Phi) is 1.99. The molecule has 0 saturated carbocycles. The molecular formula is C6H8F3N3. The zero-order valence-electron chi connectivity index (χ0n) is 6.31. The lowest BCUT2D eigenvalue weighted by atomic mass is 10.3. The number of rotatable bonds is 0. The first kappa shape index (κ1) is 8.89. The highest BCUT2D eigenvalue weighted by Gasteiger charge is 2.35. The predicted octanol–water partition coefficient (Wildman–Crippen LogP) is 0.739. The van der Waals surface area contributed by atoms with E-state index in [1.807, 2.05) is 0 Å². The summed E-state index contributed by atoms with van der Waals surface area (Å²) in [5.41, 5.74) is 4.24. The van der Waals surface area contributed by atoms with Crippen LogP contribution >= 0.6 is 0 Å². The number of nitrogens with two attached hydrogens (primary N) is 1. The number of hydrogen-bond donors (Lipinski definition) is 2. The van der Waals surface area contributed by atoms with E-state index >= 15 is 0 Å². The average molecular weight is 179 g/mol. The number of halogens is 3. The molecule has 1 rings (SSSR count). The van der Waals surface area contributed by atoms with Gasteiger partial charge in [0, 0.05) is 6.08 Å². The van der Waals surface area contributed by atoms with Crippen molar-refractivity contribution >= 4 is 5.71 Å². The zero-order chi connectivity index (χ0) is 9.35. The maximum atomic E-state index is 12.0. The van der Waals surface area contributed by atoms with Crippen molar-refractivity contribution in [2.75, 3.05) is 0 Å². The van der Waals surface area contributed by atoms with Crippen LogP contribution < -0.4 is 11.1 Å². The van der Waals surface area contributed by atoms with Gasteiger partial charge < -0.3 is 11.1 Å². The third-order valence-corrected chi connectivity index (χ3v) is 1.29. The minimum Gasteiger partial charge on any atom is -0.385 e. The van der Waals surface area contributed by atoms with E-state index in [4.69, 9.17) is 5.73 Å². The molecule has 0 aromatic heterocycles. The number of allylic oxidation sites excluding steroid dienone is 1. The van der Waals surface area contributed by atoms with E-state index in [1.165, 1.54) is 6.92 Å². The summed E-state index contributed by atoms with van der Waals surface area (Å²) in [4.78, 5) is 3.33. The van der Waals surface area contributed by atoms with Crippen molar-refractivity contribution in [3.05, 3.63) is 11.9 Å². The molecule has 3 N–H and O–H groups in total. The Balaban J connectivity index is 2.91. The van der Waals surface area contributed by atoms with Gasteiger partial charge in [0.05, 0.1) is 5.82 Å². The lowest BCUT2D eigenvalue weighted by Gasteiger charge is -2.19. The van der Waals surface area contributed by atoms with Crippen LogP contribution in [-0.2, 0) is 0 Å². The Hall–Kier alpha value is -1.20. The molecule has 0 aliphatic carbocycles. The molecule has 12 heavy (non-hydrogen) atoms. The van der Waals surface area contributed by atoms with E-state index < -0.39 is 18.1 Å². The van der Waals surface area contributed by atoms with E-state index in [-0.39, 0.29) is 5.82 Å². The van der Waals surface area contributed by atoms with Gasteiger partial charge in [0.25, 0.3) is 0 Å². The highest BCUT2D eigenvalue weighted by atomic mass is 19.4. The molecule has 0 bridgehead atoms. The molecule has 1 atom stereocenters. The van der Waals surface area contributed by atoms with Gasteiger partial charge in [-0.15, -0.1) is 0 Å². The minimum absolute atomic E-state index is 0.00942. The fraction of sp³-hybridized carbons (Fsp3) is 0.500. The van der Waals surface area contributed by atoms with Crippen molar-refractivity contribution < 1.29 is 13.2 Å². The molecule has 0 saturated heterocycles. The summed E-state index contributed by atoms with van der Waals surface area (Å²) < 4.78 is 36.1. The first-order valence-corrected chi connectivity index (χ1v) is 3.28. The SMILES string of the molecule is CC1N=C(C(F)(F)F)C=C(N)N1. The monoisotopic (exact) mass is 179 g/mol. The Morgan fingerprint density at radius 3 is 2.58 bits per heavy atom. The van der Waals surface area contributed by atoms with Crippen LogP contribution in [0.3, 0.4) is 0 Å². The predicted molar refractivity (Wildman–Crippen MR) is 38.4 cm³/mol. The Labute approximate surface area is 67.2 Å². The second kappa shape index (κ2) is 2.69. The van der Waals surface area contributed by atoms with Gasteiger partial charge in [-0.2, -0.15) is 13.2 Å². The molecular weight excluding hydrogens is 171 g/mol. The second-order valence-electron chi connectivity index (χ2n) is 2.43. The summed E-state index contributed by atoms with van der Waals surface area (Å²) in [5, 5.41) is 2.53. The number of alkyl halides is 3. The first-order chi connectivity index (χ1) is 5.39. The Morgan fingerprint density at radius 1 is 1.58 bits per heavy atom. The highest BCUT2D eigenvalue weighted by molar-refractivity contribution is 6.00. The fourth-order valence-corrected chi connectivity index (χ4v) is 0.863. The number of aliphatic imine (C=N–C) groups is 1. The molecule has 0 fully saturated rings. The minimum atomic E-state index is -4.42. The van der Waals surface area contributed by atoms with Crippen LogP contribution in [0.2, 0.25) is 0 Å². The lowest BCUT2D eigenvalue weighted by molar-refractivity contribution is -0.0583. The molecule has 0 radical (unpaired) electrons. The van der Waals surface area contributed by atoms with E-state index in [0.29, 0.717) is 0 Å². The maximum absolute atomic E-state index is 12.0. The highest BCUT2D eigenvalue weighted by Crippen LogP contribution is 2.20. The number of hydrogen-bond acceptors (Lipinski definition) is 3. The first-order valence-electron chi connectivity index (χ1n) is 3.28. The van der Waals surface area contributed by atoms with Gasteiger partial charge in [0.15, 0.2) is 0 Å². The maximum Gasteiger partial charge on any atom is 0.433 e. The van der Waals surface area contributed by atoms with Crippen LogP contribution in [0.15, 0.2) is 16.9 Å². The van der Waals surface area contributed by atoms with E-state index in [2.05, 4.69) is 10.3 Å². The van der Waals surface area contributed by atoms with Crippen LogP contribution in [0.25, 0.3) is 0 Å². The standard InChI is InChI=1S/C6H8F3N3/c1-3-11-4(6(7,8)9)2-5(10)12-3/h2-3,12H,10H2,1H3. The van der Waals surface area contributed by atoms with Gasteiger partial charge >= 0.3 is 6.18 Å². The Bertz CT molecular complexity index is 241. The van der Waals surface area contributed by atoms with Crippen molar-refractivity contribution in [3.63, 3.8) is 0 Å². The molecule has 1 heterocycles.